The summed E-state index contributed by atoms with van der Waals surface area (Å²) in [7, 11) is 1.71. The van der Waals surface area contributed by atoms with Crippen molar-refractivity contribution < 1.29 is 43.0 Å². The van der Waals surface area contributed by atoms with E-state index in [2.05, 4.69) is 92.9 Å². The molecular formula is C44H94N2O9. The van der Waals surface area contributed by atoms with Crippen LogP contribution >= 0.6 is 0 Å². The summed E-state index contributed by atoms with van der Waals surface area (Å²) >= 11 is 0. The first-order valence-corrected chi connectivity index (χ1v) is 21.2. The second kappa shape index (κ2) is 31.5. The van der Waals surface area contributed by atoms with E-state index in [9.17, 15) is 0 Å². The molecule has 0 unspecified atom stereocenters. The fraction of sp³-hybridized carbons (Fsp3) is 1.00. The Kier molecular flexibility index (Phi) is 32.4. The van der Waals surface area contributed by atoms with Crippen LogP contribution in [0.15, 0.2) is 0 Å². The van der Waals surface area contributed by atoms with Gasteiger partial charge in [-0.25, -0.2) is 0 Å². The average Bonchev–Trinajstić information content (AvgIpc) is 3.03. The van der Waals surface area contributed by atoms with Gasteiger partial charge in [-0.15, -0.1) is 0 Å². The van der Waals surface area contributed by atoms with Crippen LogP contribution in [0.25, 0.3) is 0 Å². The number of nitrogens with zero attached hydrogens (tertiary/aromatic N) is 2. The normalized spacial score (nSPS) is 17.6. The number of aliphatic hydroxyl groups excluding tert-OH is 1. The molecule has 0 atom stereocenters. The van der Waals surface area contributed by atoms with Crippen LogP contribution in [0.3, 0.4) is 0 Å². The Morgan fingerprint density at radius 1 is 0.509 bits per heavy atom. The molecule has 3 fully saturated rings. The summed E-state index contributed by atoms with van der Waals surface area (Å²) in [6, 6.07) is 0. The first-order valence-electron chi connectivity index (χ1n) is 21.2. The molecule has 3 aliphatic heterocycles. The average molecular weight is 795 g/mol. The lowest BCUT2D eigenvalue weighted by Crippen LogP contribution is -2.41. The van der Waals surface area contributed by atoms with Crippen LogP contribution in [0, 0.1) is 5.41 Å². The third-order valence-corrected chi connectivity index (χ3v) is 7.76. The van der Waals surface area contributed by atoms with E-state index in [1.54, 1.807) is 7.11 Å². The highest BCUT2D eigenvalue weighted by Gasteiger charge is 2.24. The molecule has 55 heavy (non-hydrogen) atoms. The van der Waals surface area contributed by atoms with Gasteiger partial charge in [0.25, 0.3) is 0 Å². The number of aliphatic hydroxyl groups is 1. The highest BCUT2D eigenvalue weighted by molar-refractivity contribution is 4.70. The van der Waals surface area contributed by atoms with Crippen LogP contribution in [0.2, 0.25) is 0 Å². The van der Waals surface area contributed by atoms with Crippen LogP contribution < -0.4 is 0 Å². The van der Waals surface area contributed by atoms with Crippen molar-refractivity contribution in [1.82, 2.24) is 9.80 Å². The molecule has 0 aromatic carbocycles. The molecule has 0 radical (unpaired) electrons. The van der Waals surface area contributed by atoms with Gasteiger partial charge in [0.1, 0.15) is 6.10 Å². The number of ether oxygens (including phenoxy) is 8. The van der Waals surface area contributed by atoms with E-state index < -0.39 is 0 Å². The molecule has 0 aliphatic carbocycles. The van der Waals surface area contributed by atoms with Crippen LogP contribution in [0.5, 0.6) is 0 Å². The van der Waals surface area contributed by atoms with Crippen molar-refractivity contribution in [3.63, 3.8) is 0 Å². The van der Waals surface area contributed by atoms with Gasteiger partial charge in [-0.3, -0.25) is 9.80 Å². The molecule has 11 heteroatoms. The van der Waals surface area contributed by atoms with Crippen LogP contribution in [-0.2, 0) is 37.9 Å². The van der Waals surface area contributed by atoms with Gasteiger partial charge in [-0.1, -0.05) is 20.8 Å². The highest BCUT2D eigenvalue weighted by atomic mass is 16.6. The van der Waals surface area contributed by atoms with Crippen molar-refractivity contribution in [3.05, 3.63) is 0 Å². The van der Waals surface area contributed by atoms with Gasteiger partial charge in [-0.2, -0.15) is 0 Å². The third-order valence-electron chi connectivity index (χ3n) is 7.76. The van der Waals surface area contributed by atoms with Gasteiger partial charge >= 0.3 is 0 Å². The SMILES string of the molecule is CC(C)(C)CCCN1CCOCC1.CC(C)(C)OC1COC1.CC(C)(C)OCCCN1CCOCC1.CC(C)(C)OCCCO.COCCCOC(C)(C)C. The molecule has 0 aromatic heterocycles. The number of hydrogen-bond acceptors (Lipinski definition) is 11. The maximum Gasteiger partial charge on any atom is 0.105 e. The predicted molar refractivity (Wildman–Crippen MR) is 229 cm³/mol. The molecule has 11 nitrogen and oxygen atoms in total. The highest BCUT2D eigenvalue weighted by Crippen LogP contribution is 2.21. The fourth-order valence-electron chi connectivity index (χ4n) is 4.96. The molecule has 3 rings (SSSR count). The van der Waals surface area contributed by atoms with Gasteiger partial charge in [0, 0.05) is 72.9 Å². The summed E-state index contributed by atoms with van der Waals surface area (Å²) in [6.07, 6.45) is 5.83. The first kappa shape index (κ1) is 56.7. The third kappa shape index (κ3) is 47.8. The summed E-state index contributed by atoms with van der Waals surface area (Å²) in [5, 5.41) is 8.38. The second-order valence-electron chi connectivity index (χ2n) is 19.6. The number of hydrogen-bond donors (Lipinski definition) is 1. The van der Waals surface area contributed by atoms with Crippen molar-refractivity contribution >= 4 is 0 Å². The van der Waals surface area contributed by atoms with Crippen molar-refractivity contribution in [2.24, 2.45) is 5.41 Å². The number of morpholine rings is 2. The number of methoxy groups -OCH3 is 1. The van der Waals surface area contributed by atoms with Gasteiger partial charge in [0.05, 0.1) is 62.0 Å². The predicted octanol–water partition coefficient (Wildman–Crippen LogP) is 7.89. The monoisotopic (exact) mass is 795 g/mol. The molecule has 0 spiro atoms. The minimum absolute atomic E-state index is 0.00497. The molecule has 3 saturated heterocycles. The zero-order valence-corrected chi connectivity index (χ0v) is 39.2. The van der Waals surface area contributed by atoms with Crippen molar-refractivity contribution in [2.75, 3.05) is 119 Å². The van der Waals surface area contributed by atoms with Crippen molar-refractivity contribution in [1.29, 1.82) is 0 Å². The Labute approximate surface area is 341 Å². The maximum absolute atomic E-state index is 8.38. The molecule has 0 amide bonds. The molecule has 3 heterocycles. The lowest BCUT2D eigenvalue weighted by atomic mass is 9.90. The van der Waals surface area contributed by atoms with Gasteiger partial charge in [0.15, 0.2) is 0 Å². The topological polar surface area (TPSA) is 101 Å². The lowest BCUT2D eigenvalue weighted by molar-refractivity contribution is -0.176. The van der Waals surface area contributed by atoms with E-state index in [0.29, 0.717) is 18.1 Å². The van der Waals surface area contributed by atoms with Crippen molar-refractivity contribution in [2.45, 2.75) is 164 Å². The van der Waals surface area contributed by atoms with E-state index in [0.717, 1.165) is 111 Å². The molecule has 0 saturated carbocycles. The van der Waals surface area contributed by atoms with Gasteiger partial charge in [-0.05, 0) is 127 Å². The van der Waals surface area contributed by atoms with E-state index in [1.165, 1.54) is 19.4 Å². The standard InChI is InChI=1S/C11H23NO2.C11H23NO.C8H18O2.C7H14O2.C7H16O2/c1-11(2,3)14-8-4-5-12-6-9-13-10-7-12;1-11(2,3)5-4-6-12-7-9-13-10-8-12;1-8(2,3)10-7-5-6-9-4;1-7(2,3)9-6-4-8-5-6;1-7(2,3)9-6-4-5-8/h4-10H2,1-3H3;4-10H2,1-3H3;5-7H2,1-4H3;6H,4-5H2,1-3H3;8H,4-6H2,1-3H3. The zero-order chi connectivity index (χ0) is 42.4. The van der Waals surface area contributed by atoms with E-state index in [4.69, 9.17) is 43.0 Å². The second-order valence-corrected chi connectivity index (χ2v) is 19.6. The Morgan fingerprint density at radius 2 is 0.909 bits per heavy atom. The largest absolute Gasteiger partial charge is 0.396 e. The van der Waals surface area contributed by atoms with E-state index in [1.807, 2.05) is 20.8 Å². The Balaban J connectivity index is 0. The summed E-state index contributed by atoms with van der Waals surface area (Å²) in [5.41, 5.74) is 0.425. The van der Waals surface area contributed by atoms with Gasteiger partial charge < -0.3 is 43.0 Å². The smallest absolute Gasteiger partial charge is 0.105 e. The molecular weight excluding hydrogens is 700 g/mol. The zero-order valence-electron chi connectivity index (χ0n) is 39.2. The fourth-order valence-corrected chi connectivity index (χ4v) is 4.96. The Morgan fingerprint density at radius 3 is 1.22 bits per heavy atom. The summed E-state index contributed by atoms with van der Waals surface area (Å²) in [5.74, 6) is 0. The Bertz CT molecular complexity index is 827. The number of rotatable bonds is 15. The molecule has 0 bridgehead atoms. The van der Waals surface area contributed by atoms with Crippen LogP contribution in [0.1, 0.15) is 136 Å². The minimum atomic E-state index is -0.0603. The van der Waals surface area contributed by atoms with E-state index >= 15 is 0 Å². The Hall–Kier alpha value is -0.440. The van der Waals surface area contributed by atoms with Crippen molar-refractivity contribution in [3.8, 4) is 0 Å². The summed E-state index contributed by atoms with van der Waals surface area (Å²) in [6.45, 7) is 46.9. The molecule has 1 N–H and O–H groups in total. The quantitative estimate of drug-likeness (QED) is 0.164. The maximum atomic E-state index is 8.38. The molecule has 3 aliphatic rings. The summed E-state index contributed by atoms with van der Waals surface area (Å²) in [4.78, 5) is 4.95. The molecule has 334 valence electrons. The summed E-state index contributed by atoms with van der Waals surface area (Å²) < 4.78 is 42.4. The first-order chi connectivity index (χ1) is 25.4. The lowest BCUT2D eigenvalue weighted by Gasteiger charge is -2.32. The molecule has 0 aromatic rings. The van der Waals surface area contributed by atoms with Crippen LogP contribution in [-0.4, -0.2) is 162 Å². The van der Waals surface area contributed by atoms with E-state index in [-0.39, 0.29) is 29.0 Å². The van der Waals surface area contributed by atoms with Crippen LogP contribution in [0.4, 0.5) is 0 Å². The van der Waals surface area contributed by atoms with Gasteiger partial charge in [0.2, 0.25) is 0 Å². The minimum Gasteiger partial charge on any atom is -0.396 e.